The van der Waals surface area contributed by atoms with Crippen LogP contribution >= 0.6 is 0 Å². The molecule has 20 heavy (non-hydrogen) atoms. The van der Waals surface area contributed by atoms with E-state index < -0.39 is 5.97 Å². The molecule has 0 bridgehead atoms. The Kier molecular flexibility index (Phi) is 4.02. The zero-order chi connectivity index (χ0) is 14.7. The number of amides is 2. The van der Waals surface area contributed by atoms with Crippen LogP contribution in [0.3, 0.4) is 0 Å². The van der Waals surface area contributed by atoms with Crippen molar-refractivity contribution in [3.8, 4) is 0 Å². The third-order valence-electron chi connectivity index (χ3n) is 3.08. The van der Waals surface area contributed by atoms with Crippen molar-refractivity contribution in [2.45, 2.75) is 19.8 Å². The number of carboxylic acids is 1. The molecule has 0 aliphatic carbocycles. The van der Waals surface area contributed by atoms with Gasteiger partial charge < -0.3 is 15.3 Å². The predicted octanol–water partition coefficient (Wildman–Crippen LogP) is 1.12. The summed E-state index contributed by atoms with van der Waals surface area (Å²) in [5.41, 5.74) is 1.90. The van der Waals surface area contributed by atoms with Gasteiger partial charge in [-0.3, -0.25) is 14.4 Å². The second-order valence-electron chi connectivity index (χ2n) is 4.72. The molecule has 0 fully saturated rings. The summed E-state index contributed by atoms with van der Waals surface area (Å²) in [5, 5.41) is 11.5. The fourth-order valence-electron chi connectivity index (χ4n) is 2.23. The number of nitrogens with zero attached hydrogens (tertiary/aromatic N) is 1. The van der Waals surface area contributed by atoms with Crippen molar-refractivity contribution < 1.29 is 19.5 Å². The van der Waals surface area contributed by atoms with E-state index in [0.29, 0.717) is 24.2 Å². The lowest BCUT2D eigenvalue weighted by atomic mass is 10.1. The smallest absolute Gasteiger partial charge is 0.323 e. The van der Waals surface area contributed by atoms with Gasteiger partial charge in [-0.1, -0.05) is 6.92 Å². The van der Waals surface area contributed by atoms with Crippen LogP contribution in [-0.2, 0) is 16.0 Å². The molecule has 6 nitrogen and oxygen atoms in total. The number of fused-ring (bicyclic) bond motifs is 1. The molecule has 2 N–H and O–H groups in total. The van der Waals surface area contributed by atoms with Gasteiger partial charge in [0.25, 0.3) is 5.91 Å². The normalized spacial score (nSPS) is 12.8. The fraction of sp³-hybridized carbons (Fsp3) is 0.357. The lowest BCUT2D eigenvalue weighted by molar-refractivity contribution is -0.137. The minimum atomic E-state index is -1.04. The number of carbonyl (C=O) groups is 3. The molecule has 0 radical (unpaired) electrons. The SMILES string of the molecule is CCCN(CC(=O)O)C(=O)c1ccc2c(c1)CC(=O)N2. The summed E-state index contributed by atoms with van der Waals surface area (Å²) in [4.78, 5) is 35.7. The number of hydrogen-bond donors (Lipinski definition) is 2. The van der Waals surface area contributed by atoms with Crippen LogP contribution in [0.5, 0.6) is 0 Å². The highest BCUT2D eigenvalue weighted by Crippen LogP contribution is 2.24. The van der Waals surface area contributed by atoms with Gasteiger partial charge in [-0.25, -0.2) is 0 Å². The van der Waals surface area contributed by atoms with Crippen LogP contribution in [0.15, 0.2) is 18.2 Å². The third kappa shape index (κ3) is 2.96. The second-order valence-corrected chi connectivity index (χ2v) is 4.72. The molecule has 2 amide bonds. The largest absolute Gasteiger partial charge is 0.480 e. The van der Waals surface area contributed by atoms with Gasteiger partial charge in [-0.2, -0.15) is 0 Å². The highest BCUT2D eigenvalue weighted by Gasteiger charge is 2.22. The molecule has 1 aliphatic heterocycles. The van der Waals surface area contributed by atoms with Gasteiger partial charge in [-0.05, 0) is 30.2 Å². The molecule has 0 unspecified atom stereocenters. The Labute approximate surface area is 116 Å². The Morgan fingerprint density at radius 2 is 2.15 bits per heavy atom. The van der Waals surface area contributed by atoms with E-state index in [1.807, 2.05) is 6.92 Å². The van der Waals surface area contributed by atoms with Crippen LogP contribution < -0.4 is 5.32 Å². The lowest BCUT2D eigenvalue weighted by Gasteiger charge is -2.20. The zero-order valence-electron chi connectivity index (χ0n) is 11.2. The van der Waals surface area contributed by atoms with Crippen LogP contribution in [-0.4, -0.2) is 40.9 Å². The Morgan fingerprint density at radius 3 is 2.80 bits per heavy atom. The first kappa shape index (κ1) is 14.0. The monoisotopic (exact) mass is 276 g/mol. The van der Waals surface area contributed by atoms with E-state index in [1.54, 1.807) is 18.2 Å². The molecule has 1 aliphatic rings. The maximum absolute atomic E-state index is 12.3. The van der Waals surface area contributed by atoms with E-state index in [4.69, 9.17) is 5.11 Å². The van der Waals surface area contributed by atoms with E-state index in [9.17, 15) is 14.4 Å². The first-order valence-electron chi connectivity index (χ1n) is 6.45. The minimum Gasteiger partial charge on any atom is -0.480 e. The molecular weight excluding hydrogens is 260 g/mol. The third-order valence-corrected chi connectivity index (χ3v) is 3.08. The number of carboxylic acid groups (broad SMARTS) is 1. The Balaban J connectivity index is 2.21. The van der Waals surface area contributed by atoms with Crippen molar-refractivity contribution in [3.63, 3.8) is 0 Å². The topological polar surface area (TPSA) is 86.7 Å². The fourth-order valence-corrected chi connectivity index (χ4v) is 2.23. The number of benzene rings is 1. The Bertz CT molecular complexity index is 568. The summed E-state index contributed by atoms with van der Waals surface area (Å²) in [7, 11) is 0. The van der Waals surface area contributed by atoms with Gasteiger partial charge in [0.1, 0.15) is 6.54 Å². The maximum Gasteiger partial charge on any atom is 0.323 e. The molecule has 1 aromatic rings. The molecule has 0 saturated heterocycles. The Morgan fingerprint density at radius 1 is 1.40 bits per heavy atom. The van der Waals surface area contributed by atoms with Crippen molar-refractivity contribution in [1.29, 1.82) is 0 Å². The molecule has 0 saturated carbocycles. The van der Waals surface area contributed by atoms with Crippen molar-refractivity contribution in [2.24, 2.45) is 0 Å². The molecule has 0 aromatic heterocycles. The number of aliphatic carboxylic acids is 1. The van der Waals surface area contributed by atoms with Crippen LogP contribution in [0.2, 0.25) is 0 Å². The quantitative estimate of drug-likeness (QED) is 0.843. The van der Waals surface area contributed by atoms with Crippen molar-refractivity contribution in [3.05, 3.63) is 29.3 Å². The molecule has 106 valence electrons. The van der Waals surface area contributed by atoms with Crippen molar-refractivity contribution in [1.82, 2.24) is 4.90 Å². The Hall–Kier alpha value is -2.37. The standard InChI is InChI=1S/C14H16N2O4/c1-2-5-16(8-13(18)19)14(20)9-3-4-11-10(6-9)7-12(17)15-11/h3-4,6H,2,5,7-8H2,1H3,(H,15,17)(H,18,19). The van der Waals surface area contributed by atoms with Gasteiger partial charge in [-0.15, -0.1) is 0 Å². The van der Waals surface area contributed by atoms with Gasteiger partial charge in [0, 0.05) is 17.8 Å². The highest BCUT2D eigenvalue weighted by molar-refractivity contribution is 6.02. The van der Waals surface area contributed by atoms with E-state index in [2.05, 4.69) is 5.32 Å². The molecule has 0 atom stereocenters. The number of anilines is 1. The predicted molar refractivity (Wildman–Crippen MR) is 72.6 cm³/mol. The van der Waals surface area contributed by atoms with E-state index in [0.717, 1.165) is 5.56 Å². The van der Waals surface area contributed by atoms with Crippen LogP contribution in [0.4, 0.5) is 5.69 Å². The number of hydrogen-bond acceptors (Lipinski definition) is 3. The second kappa shape index (κ2) is 5.73. The molecule has 1 aromatic carbocycles. The molecule has 0 spiro atoms. The van der Waals surface area contributed by atoms with Gasteiger partial charge in [0.2, 0.25) is 5.91 Å². The van der Waals surface area contributed by atoms with Crippen LogP contribution in [0.25, 0.3) is 0 Å². The zero-order valence-corrected chi connectivity index (χ0v) is 11.2. The summed E-state index contributed by atoms with van der Waals surface area (Å²) in [6.07, 6.45) is 0.938. The lowest BCUT2D eigenvalue weighted by Crippen LogP contribution is -2.36. The average molecular weight is 276 g/mol. The first-order chi connectivity index (χ1) is 9.51. The average Bonchev–Trinajstić information content (AvgIpc) is 2.75. The van der Waals surface area contributed by atoms with Gasteiger partial charge in [0.05, 0.1) is 6.42 Å². The molecular formula is C14H16N2O4. The first-order valence-corrected chi connectivity index (χ1v) is 6.45. The number of rotatable bonds is 5. The van der Waals surface area contributed by atoms with Gasteiger partial charge in [0.15, 0.2) is 0 Å². The van der Waals surface area contributed by atoms with E-state index in [-0.39, 0.29) is 24.8 Å². The van der Waals surface area contributed by atoms with Gasteiger partial charge >= 0.3 is 5.97 Å². The van der Waals surface area contributed by atoms with Crippen LogP contribution in [0, 0.1) is 0 Å². The summed E-state index contributed by atoms with van der Waals surface area (Å²) in [5.74, 6) is -1.46. The number of carbonyl (C=O) groups excluding carboxylic acids is 2. The summed E-state index contributed by atoms with van der Waals surface area (Å²) in [6.45, 7) is 1.95. The molecule has 6 heteroatoms. The van der Waals surface area contributed by atoms with Crippen molar-refractivity contribution >= 4 is 23.5 Å². The highest BCUT2D eigenvalue weighted by atomic mass is 16.4. The summed E-state index contributed by atoms with van der Waals surface area (Å²) in [6, 6.07) is 4.94. The number of nitrogens with one attached hydrogen (secondary N) is 1. The summed E-state index contributed by atoms with van der Waals surface area (Å²) >= 11 is 0. The van der Waals surface area contributed by atoms with E-state index >= 15 is 0 Å². The molecule has 1 heterocycles. The van der Waals surface area contributed by atoms with Crippen molar-refractivity contribution in [2.75, 3.05) is 18.4 Å². The summed E-state index contributed by atoms with van der Waals surface area (Å²) < 4.78 is 0. The molecule has 2 rings (SSSR count). The van der Waals surface area contributed by atoms with Crippen LogP contribution in [0.1, 0.15) is 29.3 Å². The van der Waals surface area contributed by atoms with E-state index in [1.165, 1.54) is 4.90 Å². The minimum absolute atomic E-state index is 0.0967. The maximum atomic E-state index is 12.3.